The van der Waals surface area contributed by atoms with Gasteiger partial charge in [0.15, 0.2) is 0 Å². The molecule has 6 aromatic carbocycles. The van der Waals surface area contributed by atoms with Crippen molar-refractivity contribution in [1.82, 2.24) is 0 Å². The molecule has 0 radical (unpaired) electrons. The standard InChI is InChI=1S/C40H34P2.2ClH/c1-7-21-35(22-8-1)41(36-23-9-2-10-24-36,37-25-11-3-12-26-37)33-19-20-34-42(38-27-13-4-14-28-38,39-29-15-5-16-30-39)40-31-17-6-18-32-40;;/h1-34H;2*1H/q+2;;/p-2. The van der Waals surface area contributed by atoms with E-state index < -0.39 is 14.5 Å². The van der Waals surface area contributed by atoms with Gasteiger partial charge in [0.05, 0.1) is 11.6 Å². The maximum atomic E-state index is 2.49. The third-order valence-electron chi connectivity index (χ3n) is 7.71. The van der Waals surface area contributed by atoms with Gasteiger partial charge in [-0.2, -0.15) is 0 Å². The molecule has 6 rings (SSSR count). The van der Waals surface area contributed by atoms with E-state index in [1.165, 1.54) is 31.8 Å². The molecule has 0 bridgehead atoms. The fourth-order valence-electron chi connectivity index (χ4n) is 5.75. The summed E-state index contributed by atoms with van der Waals surface area (Å²) in [5.74, 6) is 4.97. The Morgan fingerprint density at radius 3 is 0.568 bits per heavy atom. The Morgan fingerprint density at radius 1 is 0.250 bits per heavy atom. The van der Waals surface area contributed by atoms with Crippen molar-refractivity contribution in [2.24, 2.45) is 0 Å². The van der Waals surface area contributed by atoms with Crippen molar-refractivity contribution in [3.63, 3.8) is 0 Å². The van der Waals surface area contributed by atoms with Crippen molar-refractivity contribution in [2.75, 3.05) is 0 Å². The quantitative estimate of drug-likeness (QED) is 0.167. The van der Waals surface area contributed by atoms with Gasteiger partial charge in [-0.1, -0.05) is 109 Å². The normalized spacial score (nSPS) is 11.5. The molecule has 0 saturated carbocycles. The van der Waals surface area contributed by atoms with Crippen LogP contribution >= 0.6 is 14.5 Å². The van der Waals surface area contributed by atoms with Crippen LogP contribution in [0.25, 0.3) is 0 Å². The van der Waals surface area contributed by atoms with E-state index in [2.05, 4.69) is 206 Å². The number of halogens is 2. The first-order valence-electron chi connectivity index (χ1n) is 14.3. The second-order valence-corrected chi connectivity index (χ2v) is 16.7. The lowest BCUT2D eigenvalue weighted by Gasteiger charge is -2.24. The number of rotatable bonds is 9. The first-order chi connectivity index (χ1) is 20.8. The van der Waals surface area contributed by atoms with Crippen LogP contribution in [0.2, 0.25) is 0 Å². The second kappa shape index (κ2) is 15.8. The van der Waals surface area contributed by atoms with E-state index >= 15 is 0 Å². The highest BCUT2D eigenvalue weighted by molar-refractivity contribution is 7.98. The van der Waals surface area contributed by atoms with Gasteiger partial charge in [-0.3, -0.25) is 0 Å². The third kappa shape index (κ3) is 6.66. The predicted octanol–water partition coefficient (Wildman–Crippen LogP) is 2.01. The largest absolute Gasteiger partial charge is 1.00 e. The van der Waals surface area contributed by atoms with E-state index in [1.54, 1.807) is 0 Å². The minimum absolute atomic E-state index is 0. The van der Waals surface area contributed by atoms with E-state index in [0.717, 1.165) is 0 Å². The average molecular weight is 648 g/mol. The highest BCUT2D eigenvalue weighted by atomic mass is 35.5. The molecule has 0 unspecified atom stereocenters. The van der Waals surface area contributed by atoms with Gasteiger partial charge in [0.2, 0.25) is 0 Å². The van der Waals surface area contributed by atoms with Gasteiger partial charge in [-0.15, -0.1) is 0 Å². The summed E-state index contributed by atoms with van der Waals surface area (Å²) in [6, 6.07) is 66.1. The Hall–Kier alpha value is -3.76. The molecule has 0 N–H and O–H groups in total. The van der Waals surface area contributed by atoms with Crippen molar-refractivity contribution in [3.8, 4) is 0 Å². The molecular formula is C40H34Cl2P2. The van der Waals surface area contributed by atoms with E-state index in [4.69, 9.17) is 0 Å². The summed E-state index contributed by atoms with van der Waals surface area (Å²) in [6.07, 6.45) is 4.62. The molecule has 0 aliphatic heterocycles. The van der Waals surface area contributed by atoms with Crippen LogP contribution < -0.4 is 56.6 Å². The first kappa shape index (κ1) is 33.1. The molecule has 0 nitrogen and oxygen atoms in total. The Labute approximate surface area is 275 Å². The summed E-state index contributed by atoms with van der Waals surface area (Å²) in [5, 5.41) is 8.10. The van der Waals surface area contributed by atoms with Crippen molar-refractivity contribution in [2.45, 2.75) is 0 Å². The average Bonchev–Trinajstić information content (AvgIpc) is 3.09. The Bertz CT molecular complexity index is 1410. The number of benzene rings is 6. The summed E-state index contributed by atoms with van der Waals surface area (Å²) in [4.78, 5) is 0. The van der Waals surface area contributed by atoms with Gasteiger partial charge < -0.3 is 24.8 Å². The van der Waals surface area contributed by atoms with Crippen LogP contribution in [0.15, 0.2) is 206 Å². The zero-order valence-corrected chi connectivity index (χ0v) is 27.6. The van der Waals surface area contributed by atoms with E-state index in [0.29, 0.717) is 0 Å². The van der Waals surface area contributed by atoms with Crippen LogP contribution in [0.4, 0.5) is 0 Å². The molecule has 0 aliphatic carbocycles. The van der Waals surface area contributed by atoms with Gasteiger partial charge in [-0.25, -0.2) is 0 Å². The molecule has 0 aromatic heterocycles. The van der Waals surface area contributed by atoms with Crippen LogP contribution in [0.3, 0.4) is 0 Å². The van der Waals surface area contributed by atoms with Crippen LogP contribution in [0.5, 0.6) is 0 Å². The van der Waals surface area contributed by atoms with Crippen LogP contribution in [-0.2, 0) is 0 Å². The molecule has 0 heterocycles. The summed E-state index contributed by atoms with van der Waals surface area (Å²) in [7, 11) is -4.14. The Kier molecular flexibility index (Phi) is 11.9. The maximum Gasteiger partial charge on any atom is 0.136 e. The lowest BCUT2D eigenvalue weighted by atomic mass is 10.4. The van der Waals surface area contributed by atoms with E-state index in [-0.39, 0.29) is 24.8 Å². The molecule has 0 aliphatic rings. The zero-order chi connectivity index (χ0) is 28.5. The highest BCUT2D eigenvalue weighted by Gasteiger charge is 2.44. The highest BCUT2D eigenvalue weighted by Crippen LogP contribution is 2.58. The molecule has 218 valence electrons. The van der Waals surface area contributed by atoms with Gasteiger partial charge in [-0.05, 0) is 84.9 Å². The van der Waals surface area contributed by atoms with E-state index in [9.17, 15) is 0 Å². The van der Waals surface area contributed by atoms with Crippen molar-refractivity contribution in [3.05, 3.63) is 206 Å². The summed E-state index contributed by atoms with van der Waals surface area (Å²) in [6.45, 7) is 0. The summed E-state index contributed by atoms with van der Waals surface area (Å²) < 4.78 is 0. The van der Waals surface area contributed by atoms with Crippen LogP contribution in [0.1, 0.15) is 0 Å². The van der Waals surface area contributed by atoms with Crippen molar-refractivity contribution < 1.29 is 24.8 Å². The SMILES string of the molecule is C(C=C[P+](c1ccccc1)(c1ccccc1)c1ccccc1)=C[P+](c1ccccc1)(c1ccccc1)c1ccccc1.[Cl-].[Cl-]. The molecule has 44 heavy (non-hydrogen) atoms. The molecule has 0 amide bonds. The summed E-state index contributed by atoms with van der Waals surface area (Å²) >= 11 is 0. The zero-order valence-electron chi connectivity index (χ0n) is 24.3. The lowest BCUT2D eigenvalue weighted by molar-refractivity contribution is -0.00100. The van der Waals surface area contributed by atoms with Gasteiger partial charge in [0.25, 0.3) is 0 Å². The third-order valence-corrected chi connectivity index (χ3v) is 15.6. The molecule has 0 saturated heterocycles. The fourth-order valence-corrected chi connectivity index (χ4v) is 13.1. The lowest BCUT2D eigenvalue weighted by Crippen LogP contribution is -3.00. The van der Waals surface area contributed by atoms with Crippen LogP contribution in [0, 0.1) is 0 Å². The molecule has 0 fully saturated rings. The predicted molar refractivity (Wildman–Crippen MR) is 189 cm³/mol. The minimum atomic E-state index is -2.07. The second-order valence-electron chi connectivity index (χ2n) is 10.1. The molecule has 4 heteroatoms. The molecule has 6 aromatic rings. The Balaban J connectivity index is 0.00000221. The fraction of sp³-hybridized carbons (Fsp3) is 0. The van der Waals surface area contributed by atoms with E-state index in [1.807, 2.05) is 0 Å². The van der Waals surface area contributed by atoms with Crippen molar-refractivity contribution in [1.29, 1.82) is 0 Å². The summed E-state index contributed by atoms with van der Waals surface area (Å²) in [5.41, 5.74) is 0. The first-order valence-corrected chi connectivity index (χ1v) is 18.0. The maximum absolute atomic E-state index is 2.49. The number of allylic oxidation sites excluding steroid dienone is 2. The smallest absolute Gasteiger partial charge is 0.136 e. The van der Waals surface area contributed by atoms with Crippen LogP contribution in [-0.4, -0.2) is 0 Å². The monoisotopic (exact) mass is 646 g/mol. The Morgan fingerprint density at radius 2 is 0.409 bits per heavy atom. The van der Waals surface area contributed by atoms with Gasteiger partial charge in [0, 0.05) is 0 Å². The van der Waals surface area contributed by atoms with Crippen molar-refractivity contribution >= 4 is 46.4 Å². The molecule has 0 atom stereocenters. The number of hydrogen-bond donors (Lipinski definition) is 0. The number of hydrogen-bond acceptors (Lipinski definition) is 0. The topological polar surface area (TPSA) is 0 Å². The van der Waals surface area contributed by atoms with Gasteiger partial charge in [0.1, 0.15) is 46.4 Å². The molecule has 0 spiro atoms. The molecular weight excluding hydrogens is 613 g/mol. The van der Waals surface area contributed by atoms with Gasteiger partial charge >= 0.3 is 0 Å². The minimum Gasteiger partial charge on any atom is -1.00 e.